The zero-order valence-electron chi connectivity index (χ0n) is 13.7. The molecule has 0 aliphatic heterocycles. The van der Waals surface area contributed by atoms with Crippen molar-refractivity contribution in [3.8, 4) is 0 Å². The topological polar surface area (TPSA) is 97.5 Å². The van der Waals surface area contributed by atoms with Crippen LogP contribution in [0.5, 0.6) is 0 Å². The van der Waals surface area contributed by atoms with E-state index in [1.165, 1.54) is 26.3 Å². The highest BCUT2D eigenvalue weighted by atomic mass is 35.5. The first-order valence-electron chi connectivity index (χ1n) is 7.40. The number of carbonyl (C=O) groups is 3. The lowest BCUT2D eigenvalue weighted by atomic mass is 10.1. The smallest absolute Gasteiger partial charge is 0.355 e. The summed E-state index contributed by atoms with van der Waals surface area (Å²) in [5.41, 5.74) is 1.38. The van der Waals surface area contributed by atoms with Crippen LogP contribution in [0.4, 0.5) is 0 Å². The third-order valence-electron chi connectivity index (χ3n) is 3.36. The number of ether oxygens (including phenoxy) is 2. The Labute approximate surface area is 149 Å². The molecule has 0 unspecified atom stereocenters. The van der Waals surface area contributed by atoms with Crippen LogP contribution >= 0.6 is 11.6 Å². The molecule has 1 amide bonds. The fraction of sp³-hybridized carbons (Fsp3) is 0.235. The fourth-order valence-corrected chi connectivity index (χ4v) is 2.14. The van der Waals surface area contributed by atoms with Crippen molar-refractivity contribution >= 4 is 29.4 Å². The average Bonchev–Trinajstić information content (AvgIpc) is 3.05. The number of halogens is 1. The van der Waals surface area contributed by atoms with Gasteiger partial charge in [0, 0.05) is 12.7 Å². The highest BCUT2D eigenvalue weighted by Crippen LogP contribution is 2.11. The zero-order valence-corrected chi connectivity index (χ0v) is 14.4. The minimum absolute atomic E-state index is 0.169. The summed E-state index contributed by atoms with van der Waals surface area (Å²) in [4.78, 5) is 37.9. The van der Waals surface area contributed by atoms with Crippen LogP contribution in [0.25, 0.3) is 0 Å². The number of H-pyrrole nitrogens is 1. The van der Waals surface area contributed by atoms with Gasteiger partial charge in [0.05, 0.1) is 17.7 Å². The van der Waals surface area contributed by atoms with Crippen molar-refractivity contribution in [3.05, 3.63) is 58.4 Å². The third-order valence-corrected chi connectivity index (χ3v) is 3.58. The first-order chi connectivity index (χ1) is 11.9. The van der Waals surface area contributed by atoms with E-state index < -0.39 is 23.9 Å². The van der Waals surface area contributed by atoms with Gasteiger partial charge in [-0.05, 0) is 30.7 Å². The minimum atomic E-state index is -0.969. The van der Waals surface area contributed by atoms with Crippen LogP contribution in [-0.2, 0) is 20.8 Å². The van der Waals surface area contributed by atoms with E-state index in [4.69, 9.17) is 16.3 Å². The molecule has 0 spiro atoms. The van der Waals surface area contributed by atoms with Gasteiger partial charge in [-0.25, -0.2) is 9.59 Å². The Morgan fingerprint density at radius 2 is 1.88 bits per heavy atom. The second-order valence-electron chi connectivity index (χ2n) is 5.19. The Morgan fingerprint density at radius 1 is 1.20 bits per heavy atom. The van der Waals surface area contributed by atoms with E-state index >= 15 is 0 Å². The van der Waals surface area contributed by atoms with E-state index in [1.807, 2.05) is 0 Å². The Hall–Kier alpha value is -2.80. The molecule has 132 valence electrons. The lowest BCUT2D eigenvalue weighted by Crippen LogP contribution is -2.35. The molecule has 0 saturated heterocycles. The molecule has 0 aliphatic rings. The maximum Gasteiger partial charge on any atom is 0.355 e. The highest BCUT2D eigenvalue weighted by Gasteiger charge is 2.19. The Morgan fingerprint density at radius 3 is 2.44 bits per heavy atom. The largest absolute Gasteiger partial charge is 0.465 e. The summed E-state index contributed by atoms with van der Waals surface area (Å²) in [7, 11) is 1.31. The van der Waals surface area contributed by atoms with Gasteiger partial charge in [0.1, 0.15) is 5.69 Å². The second-order valence-corrected chi connectivity index (χ2v) is 5.62. The van der Waals surface area contributed by atoms with Gasteiger partial charge in [-0.2, -0.15) is 0 Å². The summed E-state index contributed by atoms with van der Waals surface area (Å²) >= 11 is 5.71. The molecule has 1 heterocycles. The molecule has 0 bridgehead atoms. The van der Waals surface area contributed by atoms with Crippen LogP contribution in [0, 0.1) is 0 Å². The van der Waals surface area contributed by atoms with E-state index in [-0.39, 0.29) is 12.2 Å². The van der Waals surface area contributed by atoms with E-state index in [1.54, 1.807) is 24.3 Å². The minimum Gasteiger partial charge on any atom is -0.465 e. The standard InChI is InChI=1S/C17H17ClN2O5/c1-10(25-17(23)14-7-13(18)9-19-14)15(21)20-8-11-3-5-12(6-4-11)16(22)24-2/h3-7,9-10,19H,8H2,1-2H3,(H,20,21)/t10-/m0/s1. The lowest BCUT2D eigenvalue weighted by Gasteiger charge is -2.13. The van der Waals surface area contributed by atoms with Crippen LogP contribution in [0.15, 0.2) is 36.5 Å². The molecule has 8 heteroatoms. The van der Waals surface area contributed by atoms with Crippen LogP contribution < -0.4 is 5.32 Å². The molecule has 2 aromatic rings. The fourth-order valence-electron chi connectivity index (χ4n) is 1.97. The molecule has 0 aliphatic carbocycles. The molecule has 0 radical (unpaired) electrons. The van der Waals surface area contributed by atoms with Crippen molar-refractivity contribution in [1.29, 1.82) is 0 Å². The van der Waals surface area contributed by atoms with Gasteiger partial charge in [-0.1, -0.05) is 23.7 Å². The van der Waals surface area contributed by atoms with Crippen LogP contribution in [0.2, 0.25) is 5.02 Å². The Balaban J connectivity index is 1.84. The molecule has 1 aromatic carbocycles. The zero-order chi connectivity index (χ0) is 18.4. The van der Waals surface area contributed by atoms with Gasteiger partial charge in [0.15, 0.2) is 6.10 Å². The second kappa shape index (κ2) is 8.34. The number of nitrogens with one attached hydrogen (secondary N) is 2. The summed E-state index contributed by atoms with van der Waals surface area (Å²) in [6, 6.07) is 8.02. The van der Waals surface area contributed by atoms with E-state index in [9.17, 15) is 14.4 Å². The Bertz CT molecular complexity index is 770. The molecule has 0 saturated carbocycles. The number of esters is 2. The maximum atomic E-state index is 12.0. The van der Waals surface area contributed by atoms with Gasteiger partial charge in [0.2, 0.25) is 0 Å². The van der Waals surface area contributed by atoms with Crippen LogP contribution in [0.1, 0.15) is 33.3 Å². The number of methoxy groups -OCH3 is 1. The van der Waals surface area contributed by atoms with Gasteiger partial charge >= 0.3 is 11.9 Å². The molecule has 0 fully saturated rings. The third kappa shape index (κ3) is 5.09. The van der Waals surface area contributed by atoms with Crippen molar-refractivity contribution in [2.45, 2.75) is 19.6 Å². The number of aromatic amines is 1. The van der Waals surface area contributed by atoms with Gasteiger partial charge in [0.25, 0.3) is 5.91 Å². The number of amides is 1. The molecular weight excluding hydrogens is 348 g/mol. The molecule has 7 nitrogen and oxygen atoms in total. The SMILES string of the molecule is COC(=O)c1ccc(CNC(=O)[C@H](C)OC(=O)c2cc(Cl)c[nH]2)cc1. The molecule has 2 N–H and O–H groups in total. The van der Waals surface area contributed by atoms with Crippen molar-refractivity contribution < 1.29 is 23.9 Å². The molecule has 25 heavy (non-hydrogen) atoms. The summed E-state index contributed by atoms with van der Waals surface area (Å²) in [6.45, 7) is 1.70. The van der Waals surface area contributed by atoms with E-state index in [2.05, 4.69) is 15.0 Å². The summed E-state index contributed by atoms with van der Waals surface area (Å²) in [5, 5.41) is 3.03. The Kier molecular flexibility index (Phi) is 6.19. The summed E-state index contributed by atoms with van der Waals surface area (Å²) < 4.78 is 9.68. The van der Waals surface area contributed by atoms with Crippen LogP contribution in [0.3, 0.4) is 0 Å². The predicted molar refractivity (Wildman–Crippen MR) is 90.3 cm³/mol. The number of hydrogen-bond acceptors (Lipinski definition) is 5. The molecule has 2 rings (SSSR count). The van der Waals surface area contributed by atoms with Crippen molar-refractivity contribution in [2.75, 3.05) is 7.11 Å². The molecular formula is C17H17ClN2O5. The van der Waals surface area contributed by atoms with E-state index in [0.717, 1.165) is 5.56 Å². The van der Waals surface area contributed by atoms with Gasteiger partial charge in [-0.3, -0.25) is 4.79 Å². The number of hydrogen-bond donors (Lipinski definition) is 2. The first-order valence-corrected chi connectivity index (χ1v) is 7.78. The van der Waals surface area contributed by atoms with Gasteiger partial charge in [-0.15, -0.1) is 0 Å². The quantitative estimate of drug-likeness (QED) is 0.766. The lowest BCUT2D eigenvalue weighted by molar-refractivity contribution is -0.129. The highest BCUT2D eigenvalue weighted by molar-refractivity contribution is 6.30. The number of rotatable bonds is 6. The van der Waals surface area contributed by atoms with Crippen molar-refractivity contribution in [3.63, 3.8) is 0 Å². The van der Waals surface area contributed by atoms with Crippen LogP contribution in [-0.4, -0.2) is 36.0 Å². The van der Waals surface area contributed by atoms with Crippen molar-refractivity contribution in [2.24, 2.45) is 0 Å². The summed E-state index contributed by atoms with van der Waals surface area (Å²) in [6.07, 6.45) is 0.477. The average molecular weight is 365 g/mol. The van der Waals surface area contributed by atoms with Crippen molar-refractivity contribution in [1.82, 2.24) is 10.3 Å². The predicted octanol–water partition coefficient (Wildman–Crippen LogP) is 2.32. The normalized spacial score (nSPS) is 11.5. The summed E-state index contributed by atoms with van der Waals surface area (Å²) in [5.74, 6) is -1.54. The number of carbonyl (C=O) groups excluding carboxylic acids is 3. The molecule has 1 aromatic heterocycles. The van der Waals surface area contributed by atoms with Gasteiger partial charge < -0.3 is 19.8 Å². The number of aromatic nitrogens is 1. The maximum absolute atomic E-state index is 12.0. The van der Waals surface area contributed by atoms with E-state index in [0.29, 0.717) is 10.6 Å². The molecule has 1 atom stereocenters. The monoisotopic (exact) mass is 364 g/mol. The first kappa shape index (κ1) is 18.5. The number of benzene rings is 1.